The summed E-state index contributed by atoms with van der Waals surface area (Å²) >= 11 is 0. The Balaban J connectivity index is 1.57. The minimum absolute atomic E-state index is 0.0965. The maximum Gasteiger partial charge on any atom is 0.272 e. The Morgan fingerprint density at radius 1 is 1.12 bits per heavy atom. The fourth-order valence-electron chi connectivity index (χ4n) is 2.99. The Morgan fingerprint density at radius 3 is 2.40 bits per heavy atom. The molecule has 0 spiro atoms. The second-order valence-corrected chi connectivity index (χ2v) is 6.53. The van der Waals surface area contributed by atoms with Gasteiger partial charge in [0.05, 0.1) is 0 Å². The molecule has 1 aromatic heterocycles. The molecule has 0 radical (unpaired) electrons. The highest BCUT2D eigenvalue weighted by atomic mass is 16.2. The molecule has 0 aliphatic carbocycles. The number of aromatic nitrogens is 2. The Labute approximate surface area is 147 Å². The Bertz CT molecular complexity index is 739. The predicted octanol–water partition coefficient (Wildman–Crippen LogP) is 2.28. The van der Waals surface area contributed by atoms with E-state index in [-0.39, 0.29) is 11.8 Å². The van der Waals surface area contributed by atoms with Crippen LogP contribution < -0.4 is 5.32 Å². The van der Waals surface area contributed by atoms with Gasteiger partial charge in [0, 0.05) is 37.9 Å². The van der Waals surface area contributed by atoms with E-state index in [2.05, 4.69) is 10.4 Å². The Morgan fingerprint density at radius 2 is 1.80 bits per heavy atom. The van der Waals surface area contributed by atoms with Gasteiger partial charge in [0.1, 0.15) is 5.69 Å². The van der Waals surface area contributed by atoms with Crippen molar-refractivity contribution in [3.05, 3.63) is 52.8 Å². The summed E-state index contributed by atoms with van der Waals surface area (Å²) in [6.07, 6.45) is 3.38. The van der Waals surface area contributed by atoms with E-state index in [4.69, 9.17) is 0 Å². The summed E-state index contributed by atoms with van der Waals surface area (Å²) in [5.74, 6) is -0.101. The molecule has 1 aliphatic heterocycles. The molecule has 132 valence electrons. The van der Waals surface area contributed by atoms with Gasteiger partial charge in [0.25, 0.3) is 11.8 Å². The van der Waals surface area contributed by atoms with Gasteiger partial charge >= 0.3 is 0 Å². The van der Waals surface area contributed by atoms with E-state index < -0.39 is 0 Å². The SMILES string of the molecule is Cc1cc(C(=O)NCc2ccc(C(=O)N3CCCCC3)cc2)nn1C. The fraction of sp³-hybridized carbons (Fsp3) is 0.421. The first-order valence-corrected chi connectivity index (χ1v) is 8.71. The van der Waals surface area contributed by atoms with Gasteiger partial charge in [-0.3, -0.25) is 14.3 Å². The summed E-state index contributed by atoms with van der Waals surface area (Å²) < 4.78 is 1.68. The fourth-order valence-corrected chi connectivity index (χ4v) is 2.99. The normalized spacial score (nSPS) is 14.4. The summed E-state index contributed by atoms with van der Waals surface area (Å²) in [6, 6.07) is 9.21. The van der Waals surface area contributed by atoms with Crippen molar-refractivity contribution >= 4 is 11.8 Å². The number of nitrogens with one attached hydrogen (secondary N) is 1. The highest BCUT2D eigenvalue weighted by Crippen LogP contribution is 2.14. The van der Waals surface area contributed by atoms with Crippen LogP contribution in [0.2, 0.25) is 0 Å². The van der Waals surface area contributed by atoms with Crippen molar-refractivity contribution in [3.8, 4) is 0 Å². The molecule has 0 unspecified atom stereocenters. The maximum absolute atomic E-state index is 12.4. The second kappa shape index (κ2) is 7.51. The average Bonchev–Trinajstić information content (AvgIpc) is 2.99. The van der Waals surface area contributed by atoms with E-state index in [0.29, 0.717) is 17.8 Å². The zero-order valence-electron chi connectivity index (χ0n) is 14.8. The van der Waals surface area contributed by atoms with Crippen LogP contribution in [0.4, 0.5) is 0 Å². The molecule has 25 heavy (non-hydrogen) atoms. The minimum atomic E-state index is -0.197. The number of hydrogen-bond acceptors (Lipinski definition) is 3. The first-order chi connectivity index (χ1) is 12.0. The number of rotatable bonds is 4. The molecule has 0 bridgehead atoms. The molecule has 0 atom stereocenters. The molecular weight excluding hydrogens is 316 g/mol. The van der Waals surface area contributed by atoms with Gasteiger partial charge in [-0.25, -0.2) is 0 Å². The van der Waals surface area contributed by atoms with Crippen molar-refractivity contribution in [2.45, 2.75) is 32.7 Å². The minimum Gasteiger partial charge on any atom is -0.347 e. The lowest BCUT2D eigenvalue weighted by Crippen LogP contribution is -2.35. The highest BCUT2D eigenvalue weighted by molar-refractivity contribution is 5.94. The zero-order valence-corrected chi connectivity index (χ0v) is 14.8. The van der Waals surface area contributed by atoms with Crippen LogP contribution in [0.15, 0.2) is 30.3 Å². The lowest BCUT2D eigenvalue weighted by atomic mass is 10.1. The molecule has 2 aromatic rings. The molecule has 1 saturated heterocycles. The maximum atomic E-state index is 12.4. The van der Waals surface area contributed by atoms with Crippen LogP contribution in [0.3, 0.4) is 0 Å². The predicted molar refractivity (Wildman–Crippen MR) is 95.3 cm³/mol. The Kier molecular flexibility index (Phi) is 5.16. The van der Waals surface area contributed by atoms with Gasteiger partial charge in [-0.15, -0.1) is 0 Å². The van der Waals surface area contributed by atoms with E-state index in [0.717, 1.165) is 37.2 Å². The van der Waals surface area contributed by atoms with Gasteiger partial charge in [-0.05, 0) is 49.9 Å². The lowest BCUT2D eigenvalue weighted by molar-refractivity contribution is 0.0724. The Hall–Kier alpha value is -2.63. The smallest absolute Gasteiger partial charge is 0.272 e. The molecule has 2 heterocycles. The number of amides is 2. The molecule has 1 aliphatic rings. The molecule has 0 saturated carbocycles. The van der Waals surface area contributed by atoms with Crippen LogP contribution in [0, 0.1) is 6.92 Å². The molecule has 3 rings (SSSR count). The summed E-state index contributed by atoms with van der Waals surface area (Å²) in [7, 11) is 1.81. The lowest BCUT2D eigenvalue weighted by Gasteiger charge is -2.26. The van der Waals surface area contributed by atoms with Crippen molar-refractivity contribution in [1.82, 2.24) is 20.0 Å². The van der Waals surface area contributed by atoms with Gasteiger partial charge in [-0.1, -0.05) is 12.1 Å². The van der Waals surface area contributed by atoms with Crippen molar-refractivity contribution in [1.29, 1.82) is 0 Å². The number of carbonyl (C=O) groups is 2. The van der Waals surface area contributed by atoms with E-state index in [1.54, 1.807) is 10.7 Å². The molecular formula is C19H24N4O2. The number of piperidine rings is 1. The first-order valence-electron chi connectivity index (χ1n) is 8.71. The number of hydrogen-bond donors (Lipinski definition) is 1. The van der Waals surface area contributed by atoms with Crippen LogP contribution in [-0.2, 0) is 13.6 Å². The number of carbonyl (C=O) groups excluding carboxylic acids is 2. The molecule has 2 amide bonds. The summed E-state index contributed by atoms with van der Waals surface area (Å²) in [5, 5.41) is 7.02. The van der Waals surface area contributed by atoms with Crippen molar-refractivity contribution in [3.63, 3.8) is 0 Å². The largest absolute Gasteiger partial charge is 0.347 e. The third-order valence-electron chi connectivity index (χ3n) is 4.64. The molecule has 6 nitrogen and oxygen atoms in total. The average molecular weight is 340 g/mol. The second-order valence-electron chi connectivity index (χ2n) is 6.53. The van der Waals surface area contributed by atoms with Gasteiger partial charge in [-0.2, -0.15) is 5.10 Å². The van der Waals surface area contributed by atoms with E-state index in [1.807, 2.05) is 43.1 Å². The van der Waals surface area contributed by atoms with Crippen molar-refractivity contribution in [2.24, 2.45) is 7.05 Å². The standard InChI is InChI=1S/C19H24N4O2/c1-14-12-17(21-22(14)2)18(24)20-13-15-6-8-16(9-7-15)19(25)23-10-4-3-5-11-23/h6-9,12H,3-5,10-11,13H2,1-2H3,(H,20,24). The molecule has 1 N–H and O–H groups in total. The van der Waals surface area contributed by atoms with Gasteiger partial charge in [0.2, 0.25) is 0 Å². The number of benzene rings is 1. The van der Waals surface area contributed by atoms with Crippen LogP contribution in [0.5, 0.6) is 0 Å². The van der Waals surface area contributed by atoms with Gasteiger partial charge < -0.3 is 10.2 Å². The van der Waals surface area contributed by atoms with E-state index >= 15 is 0 Å². The third-order valence-corrected chi connectivity index (χ3v) is 4.64. The van der Waals surface area contributed by atoms with E-state index in [9.17, 15) is 9.59 Å². The first kappa shape index (κ1) is 17.2. The highest BCUT2D eigenvalue weighted by Gasteiger charge is 2.18. The van der Waals surface area contributed by atoms with Crippen molar-refractivity contribution in [2.75, 3.05) is 13.1 Å². The number of aryl methyl sites for hydroxylation is 2. The van der Waals surface area contributed by atoms with E-state index in [1.165, 1.54) is 6.42 Å². The number of likely N-dealkylation sites (tertiary alicyclic amines) is 1. The monoisotopic (exact) mass is 340 g/mol. The summed E-state index contributed by atoms with van der Waals surface area (Å²) in [4.78, 5) is 26.5. The van der Waals surface area contributed by atoms with Gasteiger partial charge in [0.15, 0.2) is 0 Å². The molecule has 6 heteroatoms. The zero-order chi connectivity index (χ0) is 17.8. The van der Waals surface area contributed by atoms with Crippen LogP contribution >= 0.6 is 0 Å². The quantitative estimate of drug-likeness (QED) is 0.928. The molecule has 1 aromatic carbocycles. The topological polar surface area (TPSA) is 67.2 Å². The summed E-state index contributed by atoms with van der Waals surface area (Å²) in [6.45, 7) is 4.01. The number of nitrogens with zero attached hydrogens (tertiary/aromatic N) is 3. The van der Waals surface area contributed by atoms with Crippen LogP contribution in [-0.4, -0.2) is 39.6 Å². The van der Waals surface area contributed by atoms with Crippen LogP contribution in [0.25, 0.3) is 0 Å². The molecule has 1 fully saturated rings. The van der Waals surface area contributed by atoms with Crippen molar-refractivity contribution < 1.29 is 9.59 Å². The van der Waals surface area contributed by atoms with Crippen LogP contribution in [0.1, 0.15) is 51.4 Å². The third kappa shape index (κ3) is 4.07. The summed E-state index contributed by atoms with van der Waals surface area (Å²) in [5.41, 5.74) is 3.01.